The van der Waals surface area contributed by atoms with Crippen LogP contribution in [0.3, 0.4) is 0 Å². The van der Waals surface area contributed by atoms with Crippen LogP contribution in [0, 0.1) is 44.7 Å². The average Bonchev–Trinajstić information content (AvgIpc) is 1.76. The fourth-order valence-electron chi connectivity index (χ4n) is 0.321. The average molecular weight is 247 g/mol. The molecule has 0 bridgehead atoms. The first-order chi connectivity index (χ1) is 2.50. The molecular formula is C6H8Er-2. The van der Waals surface area contributed by atoms with E-state index in [1.165, 1.54) is 0 Å². The number of hydrogen-bond acceptors (Lipinski definition) is 0. The van der Waals surface area contributed by atoms with Crippen molar-refractivity contribution < 1.29 is 37.3 Å². The van der Waals surface area contributed by atoms with Gasteiger partial charge in [-0.2, -0.15) is 18.2 Å². The van der Waals surface area contributed by atoms with E-state index in [2.05, 4.69) is 0 Å². The molecule has 0 N–H and O–H groups in total. The Morgan fingerprint density at radius 2 is 1.43 bits per heavy atom. The maximum atomic E-state index is 2.00. The van der Waals surface area contributed by atoms with Crippen LogP contribution in [-0.2, 0) is 0 Å². The molecule has 46 valence electrons. The summed E-state index contributed by atoms with van der Waals surface area (Å²) < 4.78 is 0. The molecule has 7 heavy (non-hydrogen) atoms. The Morgan fingerprint density at radius 1 is 1.00 bits per heavy atom. The molecule has 1 rings (SSSR count). The minimum Gasteiger partial charge on any atom is -0.358 e. The van der Waals surface area contributed by atoms with Crippen molar-refractivity contribution in [3.63, 3.8) is 0 Å². The van der Waals surface area contributed by atoms with Crippen LogP contribution < -0.4 is 0 Å². The minimum atomic E-state index is 0. The molecule has 0 radical (unpaired) electrons. The van der Waals surface area contributed by atoms with Gasteiger partial charge in [-0.15, -0.1) is 0 Å². The summed E-state index contributed by atoms with van der Waals surface area (Å²) >= 11 is 0. The summed E-state index contributed by atoms with van der Waals surface area (Å²) in [6, 6.07) is 10.0. The van der Waals surface area contributed by atoms with Crippen molar-refractivity contribution in [2.75, 3.05) is 0 Å². The van der Waals surface area contributed by atoms with Gasteiger partial charge in [-0.25, -0.2) is 12.1 Å². The van der Waals surface area contributed by atoms with Crippen LogP contribution in [-0.4, -0.2) is 0 Å². The summed E-state index contributed by atoms with van der Waals surface area (Å²) in [5, 5.41) is 0. The Hall–Kier alpha value is 0.597. The van der Waals surface area contributed by atoms with Crippen LogP contribution in [0.5, 0.6) is 0 Å². The molecule has 0 heterocycles. The van der Waals surface area contributed by atoms with Crippen molar-refractivity contribution in [1.82, 2.24) is 0 Å². The zero-order chi connectivity index (χ0) is 3.54. The molecule has 0 aliphatic rings. The molecule has 0 unspecified atom stereocenters. The Balaban J connectivity index is 0. The molecule has 0 aliphatic carbocycles. The number of rotatable bonds is 0. The minimum absolute atomic E-state index is 0. The van der Waals surface area contributed by atoms with Crippen LogP contribution in [0.2, 0.25) is 0 Å². The van der Waals surface area contributed by atoms with Gasteiger partial charge >= 0.3 is 0 Å². The second kappa shape index (κ2) is 6.60. The summed E-state index contributed by atoms with van der Waals surface area (Å²) in [6.07, 6.45) is 0. The molecule has 1 heteroatoms. The van der Waals surface area contributed by atoms with E-state index in [9.17, 15) is 0 Å². The molecule has 0 nitrogen and oxygen atoms in total. The SMILES string of the molecule is [CH3-].[Er].c1cc[cH-]c1. The zero-order valence-corrected chi connectivity index (χ0v) is 6.03. The summed E-state index contributed by atoms with van der Waals surface area (Å²) in [5.74, 6) is 0. The topological polar surface area (TPSA) is 0 Å². The monoisotopic (exact) mass is 246 g/mol. The predicted molar refractivity (Wildman–Crippen MR) is 28.4 cm³/mol. The summed E-state index contributed by atoms with van der Waals surface area (Å²) in [6.45, 7) is 0. The standard InChI is InChI=1S/C5H5.CH3.Er/c1-2-4-5-3-1;;/h1-5H;1H3;/q2*-1;. The second-order valence-corrected chi connectivity index (χ2v) is 0.962. The fraction of sp³-hybridized carbons (Fsp3) is 0. The van der Waals surface area contributed by atoms with Crippen LogP contribution in [0.1, 0.15) is 0 Å². The Labute approximate surface area is 74.5 Å². The quantitative estimate of drug-likeness (QED) is 0.614. The van der Waals surface area contributed by atoms with Crippen molar-refractivity contribution in [3.05, 3.63) is 37.8 Å². The molecule has 1 aromatic carbocycles. The van der Waals surface area contributed by atoms with Crippen molar-refractivity contribution in [2.45, 2.75) is 0 Å². The molecule has 0 amide bonds. The van der Waals surface area contributed by atoms with Crippen molar-refractivity contribution >= 4 is 0 Å². The van der Waals surface area contributed by atoms with Gasteiger partial charge in [0.25, 0.3) is 0 Å². The van der Waals surface area contributed by atoms with Crippen molar-refractivity contribution in [2.24, 2.45) is 0 Å². The van der Waals surface area contributed by atoms with Crippen molar-refractivity contribution in [1.29, 1.82) is 0 Å². The fourth-order valence-corrected chi connectivity index (χ4v) is 0.321. The second-order valence-electron chi connectivity index (χ2n) is 0.962. The molecule has 0 aromatic heterocycles. The first kappa shape index (κ1) is 10.6. The number of hydrogen-bond donors (Lipinski definition) is 0. The van der Waals surface area contributed by atoms with Gasteiger partial charge in [0.2, 0.25) is 0 Å². The maximum absolute atomic E-state index is 2.00. The Bertz CT molecular complexity index is 60.7. The van der Waals surface area contributed by atoms with E-state index in [0.29, 0.717) is 0 Å². The normalized spacial score (nSPS) is 5.71. The van der Waals surface area contributed by atoms with E-state index >= 15 is 0 Å². The third-order valence-corrected chi connectivity index (χ3v) is 0.556. The van der Waals surface area contributed by atoms with E-state index in [0.717, 1.165) is 0 Å². The molecule has 0 saturated carbocycles. The molecule has 1 aromatic rings. The Kier molecular flexibility index (Phi) is 9.95. The van der Waals surface area contributed by atoms with E-state index in [4.69, 9.17) is 0 Å². The molecule has 0 saturated heterocycles. The third kappa shape index (κ3) is 4.45. The van der Waals surface area contributed by atoms with Crippen molar-refractivity contribution in [3.8, 4) is 0 Å². The van der Waals surface area contributed by atoms with E-state index in [1.807, 2.05) is 30.3 Å². The van der Waals surface area contributed by atoms with Gasteiger partial charge in [0.1, 0.15) is 0 Å². The van der Waals surface area contributed by atoms with Gasteiger partial charge in [-0.05, 0) is 0 Å². The van der Waals surface area contributed by atoms with Crippen LogP contribution in [0.4, 0.5) is 0 Å². The largest absolute Gasteiger partial charge is 0.358 e. The smallest absolute Gasteiger partial charge is 0 e. The van der Waals surface area contributed by atoms with E-state index in [-0.39, 0.29) is 44.7 Å². The zero-order valence-electron chi connectivity index (χ0n) is 4.18. The van der Waals surface area contributed by atoms with Gasteiger partial charge in [-0.1, -0.05) is 0 Å². The van der Waals surface area contributed by atoms with Crippen LogP contribution in [0.15, 0.2) is 30.3 Å². The van der Waals surface area contributed by atoms with E-state index < -0.39 is 0 Å². The van der Waals surface area contributed by atoms with Gasteiger partial charge in [0.05, 0.1) is 0 Å². The maximum Gasteiger partial charge on any atom is 0 e. The predicted octanol–water partition coefficient (Wildman–Crippen LogP) is 1.86. The molecule has 0 aliphatic heterocycles. The molecule has 0 spiro atoms. The summed E-state index contributed by atoms with van der Waals surface area (Å²) in [7, 11) is 0. The van der Waals surface area contributed by atoms with Gasteiger partial charge in [-0.3, -0.25) is 0 Å². The first-order valence-electron chi connectivity index (χ1n) is 1.67. The van der Waals surface area contributed by atoms with Gasteiger partial charge in [0.15, 0.2) is 0 Å². The van der Waals surface area contributed by atoms with Crippen LogP contribution >= 0.6 is 0 Å². The summed E-state index contributed by atoms with van der Waals surface area (Å²) in [5.41, 5.74) is 0. The van der Waals surface area contributed by atoms with Crippen LogP contribution in [0.25, 0.3) is 0 Å². The summed E-state index contributed by atoms with van der Waals surface area (Å²) in [4.78, 5) is 0. The Morgan fingerprint density at radius 3 is 1.57 bits per heavy atom. The molecule has 0 fully saturated rings. The van der Waals surface area contributed by atoms with Gasteiger partial charge in [0, 0.05) is 37.3 Å². The molecular weight excluding hydrogens is 239 g/mol. The first-order valence-corrected chi connectivity index (χ1v) is 1.67. The molecule has 0 atom stereocenters. The third-order valence-electron chi connectivity index (χ3n) is 0.556. The van der Waals surface area contributed by atoms with E-state index in [1.54, 1.807) is 0 Å². The van der Waals surface area contributed by atoms with Gasteiger partial charge < -0.3 is 7.43 Å².